The molecular formula is C17H15Br2F2NO5. The number of alkyl halides is 2. The molecule has 2 rings (SSSR count). The standard InChI is InChI=1S/C17H15Br2F2NO5/c1-22-13(18)11(15(23)25-2)10(12(14(22)19)16(24)26-3)8-6-4-5-7-9(8)27-17(20)21/h4-7,10,17H,1-3H3. The van der Waals surface area contributed by atoms with Crippen molar-refractivity contribution in [3.8, 4) is 5.75 Å². The summed E-state index contributed by atoms with van der Waals surface area (Å²) in [4.78, 5) is 26.5. The summed E-state index contributed by atoms with van der Waals surface area (Å²) in [7, 11) is 3.96. The molecule has 1 heterocycles. The summed E-state index contributed by atoms with van der Waals surface area (Å²) in [6.07, 6.45) is 0. The summed E-state index contributed by atoms with van der Waals surface area (Å²) in [5, 5.41) is 0. The first-order chi connectivity index (χ1) is 12.7. The fourth-order valence-electron chi connectivity index (χ4n) is 2.69. The first-order valence-corrected chi connectivity index (χ1v) is 9.06. The van der Waals surface area contributed by atoms with Gasteiger partial charge in [0.05, 0.1) is 40.5 Å². The number of methoxy groups -OCH3 is 2. The molecule has 0 saturated heterocycles. The maximum atomic E-state index is 12.9. The minimum Gasteiger partial charge on any atom is -0.466 e. The molecule has 0 spiro atoms. The topological polar surface area (TPSA) is 65.1 Å². The molecule has 0 aliphatic carbocycles. The van der Waals surface area contributed by atoms with Gasteiger partial charge in [-0.15, -0.1) is 0 Å². The van der Waals surface area contributed by atoms with E-state index >= 15 is 0 Å². The van der Waals surface area contributed by atoms with Gasteiger partial charge < -0.3 is 19.1 Å². The minimum absolute atomic E-state index is 0.0360. The number of hydrogen-bond acceptors (Lipinski definition) is 6. The first kappa shape index (κ1) is 21.4. The van der Waals surface area contributed by atoms with Crippen molar-refractivity contribution in [2.45, 2.75) is 12.5 Å². The van der Waals surface area contributed by atoms with Crippen LogP contribution in [-0.4, -0.2) is 44.7 Å². The van der Waals surface area contributed by atoms with Crippen molar-refractivity contribution in [2.24, 2.45) is 0 Å². The molecule has 0 amide bonds. The molecule has 0 aromatic heterocycles. The third-order valence-corrected chi connectivity index (χ3v) is 5.79. The average Bonchev–Trinajstić information content (AvgIpc) is 2.64. The second kappa shape index (κ2) is 8.83. The van der Waals surface area contributed by atoms with Crippen LogP contribution in [0.4, 0.5) is 8.78 Å². The number of nitrogens with zero attached hydrogens (tertiary/aromatic N) is 1. The molecule has 0 bridgehead atoms. The Morgan fingerprint density at radius 1 is 1.04 bits per heavy atom. The Balaban J connectivity index is 2.80. The maximum Gasteiger partial charge on any atom is 0.387 e. The van der Waals surface area contributed by atoms with Crippen LogP contribution in [0.15, 0.2) is 44.6 Å². The van der Waals surface area contributed by atoms with Gasteiger partial charge in [-0.3, -0.25) is 0 Å². The van der Waals surface area contributed by atoms with Gasteiger partial charge in [-0.1, -0.05) is 18.2 Å². The second-order valence-corrected chi connectivity index (χ2v) is 6.80. The van der Waals surface area contributed by atoms with E-state index in [2.05, 4.69) is 36.6 Å². The molecule has 6 nitrogen and oxygen atoms in total. The lowest BCUT2D eigenvalue weighted by atomic mass is 9.83. The fourth-order valence-corrected chi connectivity index (χ4v) is 4.06. The molecule has 0 N–H and O–H groups in total. The molecule has 1 aliphatic rings. The van der Waals surface area contributed by atoms with Gasteiger partial charge in [0.15, 0.2) is 0 Å². The third kappa shape index (κ3) is 4.16. The van der Waals surface area contributed by atoms with E-state index < -0.39 is 24.5 Å². The lowest BCUT2D eigenvalue weighted by molar-refractivity contribution is -0.137. The number of esters is 2. The summed E-state index contributed by atoms with van der Waals surface area (Å²) in [5.74, 6) is -2.73. The van der Waals surface area contributed by atoms with Crippen molar-refractivity contribution >= 4 is 43.8 Å². The lowest BCUT2D eigenvalue weighted by Gasteiger charge is -2.33. The Morgan fingerprint density at radius 2 is 1.52 bits per heavy atom. The Hall–Kier alpha value is -1.94. The van der Waals surface area contributed by atoms with Crippen molar-refractivity contribution in [3.63, 3.8) is 0 Å². The number of carbonyl (C=O) groups excluding carboxylic acids is 2. The van der Waals surface area contributed by atoms with Crippen molar-refractivity contribution in [2.75, 3.05) is 21.3 Å². The van der Waals surface area contributed by atoms with E-state index in [4.69, 9.17) is 9.47 Å². The first-order valence-electron chi connectivity index (χ1n) is 7.48. The van der Waals surface area contributed by atoms with Gasteiger partial charge in [0.1, 0.15) is 5.75 Å². The predicted molar refractivity (Wildman–Crippen MR) is 99.5 cm³/mol. The summed E-state index contributed by atoms with van der Waals surface area (Å²) >= 11 is 6.63. The van der Waals surface area contributed by atoms with Gasteiger partial charge in [-0.05, 0) is 37.9 Å². The number of rotatable bonds is 5. The van der Waals surface area contributed by atoms with Crippen LogP contribution in [0.1, 0.15) is 11.5 Å². The molecule has 1 aliphatic heterocycles. The Kier molecular flexibility index (Phi) is 6.99. The fraction of sp³-hybridized carbons (Fsp3) is 0.294. The summed E-state index contributed by atoms with van der Waals surface area (Å²) in [6.45, 7) is -3.08. The normalized spacial score (nSPS) is 15.3. The summed E-state index contributed by atoms with van der Waals surface area (Å²) < 4.78 is 40.6. The van der Waals surface area contributed by atoms with Crippen LogP contribution >= 0.6 is 31.9 Å². The molecule has 1 aromatic carbocycles. The molecule has 0 fully saturated rings. The van der Waals surface area contributed by atoms with Gasteiger partial charge in [-0.2, -0.15) is 8.78 Å². The number of carbonyl (C=O) groups is 2. The van der Waals surface area contributed by atoms with E-state index in [9.17, 15) is 18.4 Å². The van der Waals surface area contributed by atoms with Crippen LogP contribution in [-0.2, 0) is 19.1 Å². The van der Waals surface area contributed by atoms with E-state index in [0.717, 1.165) is 0 Å². The van der Waals surface area contributed by atoms with Crippen LogP contribution in [0.3, 0.4) is 0 Å². The smallest absolute Gasteiger partial charge is 0.387 e. The van der Waals surface area contributed by atoms with Gasteiger partial charge in [0.2, 0.25) is 0 Å². The van der Waals surface area contributed by atoms with Gasteiger partial charge in [0.25, 0.3) is 0 Å². The highest BCUT2D eigenvalue weighted by atomic mass is 79.9. The third-order valence-electron chi connectivity index (χ3n) is 3.87. The van der Waals surface area contributed by atoms with Crippen LogP contribution < -0.4 is 4.74 Å². The van der Waals surface area contributed by atoms with E-state index in [1.54, 1.807) is 13.1 Å². The van der Waals surface area contributed by atoms with E-state index in [1.807, 2.05) is 0 Å². The number of ether oxygens (including phenoxy) is 3. The number of para-hydroxylation sites is 1. The zero-order valence-electron chi connectivity index (χ0n) is 14.5. The van der Waals surface area contributed by atoms with E-state index in [-0.39, 0.29) is 22.5 Å². The van der Waals surface area contributed by atoms with Crippen LogP contribution in [0.2, 0.25) is 0 Å². The zero-order chi connectivity index (χ0) is 20.3. The second-order valence-electron chi connectivity index (χ2n) is 5.30. The maximum absolute atomic E-state index is 12.9. The Morgan fingerprint density at radius 3 is 1.96 bits per heavy atom. The zero-order valence-corrected chi connectivity index (χ0v) is 17.6. The predicted octanol–water partition coefficient (Wildman–Crippen LogP) is 3.88. The molecule has 10 heteroatoms. The summed E-state index contributed by atoms with van der Waals surface area (Å²) in [6, 6.07) is 5.90. The monoisotopic (exact) mass is 509 g/mol. The molecule has 27 heavy (non-hydrogen) atoms. The van der Waals surface area contributed by atoms with E-state index in [0.29, 0.717) is 9.21 Å². The molecule has 0 atom stereocenters. The highest BCUT2D eigenvalue weighted by molar-refractivity contribution is 9.12. The molecule has 0 unspecified atom stereocenters. The van der Waals surface area contributed by atoms with Crippen molar-refractivity contribution < 1.29 is 32.6 Å². The molecule has 1 aromatic rings. The van der Waals surface area contributed by atoms with Gasteiger partial charge in [-0.25, -0.2) is 9.59 Å². The number of halogens is 4. The molecule has 0 saturated carbocycles. The number of benzene rings is 1. The van der Waals surface area contributed by atoms with Crippen molar-refractivity contribution in [1.82, 2.24) is 4.90 Å². The summed E-state index contributed by atoms with van der Waals surface area (Å²) in [5.41, 5.74) is 0.253. The Bertz CT molecular complexity index is 785. The van der Waals surface area contributed by atoms with Gasteiger partial charge >= 0.3 is 18.6 Å². The average molecular weight is 511 g/mol. The minimum atomic E-state index is -3.08. The number of hydrogen-bond donors (Lipinski definition) is 0. The Labute approximate surface area is 171 Å². The van der Waals surface area contributed by atoms with Gasteiger partial charge in [0, 0.05) is 12.6 Å². The largest absolute Gasteiger partial charge is 0.466 e. The van der Waals surface area contributed by atoms with Crippen LogP contribution in [0.5, 0.6) is 5.75 Å². The van der Waals surface area contributed by atoms with Crippen molar-refractivity contribution in [1.29, 1.82) is 0 Å². The van der Waals surface area contributed by atoms with Crippen LogP contribution in [0, 0.1) is 0 Å². The van der Waals surface area contributed by atoms with E-state index in [1.165, 1.54) is 37.3 Å². The lowest BCUT2D eigenvalue weighted by Crippen LogP contribution is -2.32. The quantitative estimate of drug-likeness (QED) is 0.442. The van der Waals surface area contributed by atoms with Crippen LogP contribution in [0.25, 0.3) is 0 Å². The molecular weight excluding hydrogens is 496 g/mol. The SMILES string of the molecule is COC(=O)C1=C(Br)N(C)C(Br)=C(C(=O)OC)C1c1ccccc1OC(F)F. The van der Waals surface area contributed by atoms with Crippen molar-refractivity contribution in [3.05, 3.63) is 50.2 Å². The molecule has 0 radical (unpaired) electrons. The highest BCUT2D eigenvalue weighted by Crippen LogP contribution is 2.47. The molecule has 146 valence electrons. The highest BCUT2D eigenvalue weighted by Gasteiger charge is 2.42.